The molecule has 1 fully saturated rings. The van der Waals surface area contributed by atoms with Crippen LogP contribution in [0.25, 0.3) is 22.2 Å². The molecule has 4 aromatic rings. The minimum absolute atomic E-state index is 0.184. The molecule has 0 spiro atoms. The van der Waals surface area contributed by atoms with E-state index in [0.717, 1.165) is 48.5 Å². The Labute approximate surface area is 203 Å². The molecular weight excluding hydrogens is 440 g/mol. The van der Waals surface area contributed by atoms with Crippen LogP contribution in [0.15, 0.2) is 79.1 Å². The number of morpholine rings is 1. The quantitative estimate of drug-likeness (QED) is 0.395. The van der Waals surface area contributed by atoms with Gasteiger partial charge in [0.05, 0.1) is 24.4 Å². The summed E-state index contributed by atoms with van der Waals surface area (Å²) in [7, 11) is 0. The zero-order valence-corrected chi connectivity index (χ0v) is 19.4. The number of nitrogens with zero attached hydrogens (tertiary/aromatic N) is 4. The van der Waals surface area contributed by atoms with Crippen LogP contribution in [0.1, 0.15) is 6.92 Å². The second-order valence-electron chi connectivity index (χ2n) is 8.13. The average Bonchev–Trinajstić information content (AvgIpc) is 2.89. The normalized spacial score (nSPS) is 13.8. The molecule has 1 aliphatic heterocycles. The van der Waals surface area contributed by atoms with Crippen molar-refractivity contribution in [2.75, 3.05) is 41.8 Å². The smallest absolute Gasteiger partial charge is 0.248 e. The second kappa shape index (κ2) is 10.3. The molecule has 176 valence electrons. The van der Waals surface area contributed by atoms with Gasteiger partial charge in [-0.05, 0) is 49.4 Å². The third-order valence-electron chi connectivity index (χ3n) is 5.73. The summed E-state index contributed by atoms with van der Waals surface area (Å²) in [5.74, 6) is 0.317. The summed E-state index contributed by atoms with van der Waals surface area (Å²) < 4.78 is 5.44. The molecule has 1 amide bonds. The van der Waals surface area contributed by atoms with Crippen LogP contribution in [0.3, 0.4) is 0 Å². The van der Waals surface area contributed by atoms with Crippen molar-refractivity contribution in [1.29, 1.82) is 0 Å². The summed E-state index contributed by atoms with van der Waals surface area (Å²) in [5.41, 5.74) is 5.10. The van der Waals surface area contributed by atoms with Crippen LogP contribution in [-0.2, 0) is 9.53 Å². The molecule has 1 aliphatic rings. The van der Waals surface area contributed by atoms with Crippen LogP contribution >= 0.6 is 0 Å². The van der Waals surface area contributed by atoms with Gasteiger partial charge in [-0.3, -0.25) is 9.78 Å². The van der Waals surface area contributed by atoms with Crippen LogP contribution in [0.4, 0.5) is 23.0 Å². The molecular formula is C27H26N6O2. The topological polar surface area (TPSA) is 92.3 Å². The highest BCUT2D eigenvalue weighted by molar-refractivity contribution is 6.00. The van der Waals surface area contributed by atoms with Gasteiger partial charge >= 0.3 is 0 Å². The molecule has 0 unspecified atom stereocenters. The molecule has 8 heteroatoms. The molecule has 0 radical (unpaired) electrons. The molecule has 0 saturated carbocycles. The lowest BCUT2D eigenvalue weighted by Crippen LogP contribution is -2.36. The largest absolute Gasteiger partial charge is 0.378 e. The third-order valence-corrected chi connectivity index (χ3v) is 5.73. The maximum atomic E-state index is 11.9. The molecule has 8 nitrogen and oxygen atoms in total. The third kappa shape index (κ3) is 5.28. The molecule has 1 saturated heterocycles. The van der Waals surface area contributed by atoms with Gasteiger partial charge in [-0.1, -0.05) is 24.3 Å². The van der Waals surface area contributed by atoms with Crippen molar-refractivity contribution in [3.63, 3.8) is 0 Å². The first-order valence-electron chi connectivity index (χ1n) is 11.6. The maximum Gasteiger partial charge on any atom is 0.248 e. The van der Waals surface area contributed by atoms with E-state index in [9.17, 15) is 4.79 Å². The first kappa shape index (κ1) is 22.5. The number of hydrogen-bond acceptors (Lipinski definition) is 7. The number of hydrogen-bond donors (Lipinski definition) is 2. The van der Waals surface area contributed by atoms with Crippen molar-refractivity contribution < 1.29 is 9.53 Å². The zero-order chi connectivity index (χ0) is 24.0. The number of ether oxygens (including phenoxy) is 1. The van der Waals surface area contributed by atoms with Crippen LogP contribution < -0.4 is 15.5 Å². The SMILES string of the molecule is C/C=C/C(=O)Nc1ccnc(-c2cccc3cnc(Nc4ccc(N5CCOCC5)cc4)nc23)c1. The molecule has 0 bridgehead atoms. The van der Waals surface area contributed by atoms with Crippen molar-refractivity contribution in [3.8, 4) is 11.3 Å². The summed E-state index contributed by atoms with van der Waals surface area (Å²) in [6.45, 7) is 5.12. The van der Waals surface area contributed by atoms with E-state index in [4.69, 9.17) is 9.72 Å². The van der Waals surface area contributed by atoms with E-state index in [1.54, 1.807) is 31.5 Å². The number of allylic oxidation sites excluding steroid dienone is 1. The van der Waals surface area contributed by atoms with Gasteiger partial charge in [-0.2, -0.15) is 0 Å². The summed E-state index contributed by atoms with van der Waals surface area (Å²) in [6.07, 6.45) is 6.66. The van der Waals surface area contributed by atoms with Gasteiger partial charge in [0.15, 0.2) is 0 Å². The minimum atomic E-state index is -0.184. The number of rotatable bonds is 6. The Balaban J connectivity index is 1.40. The Morgan fingerprint density at radius 2 is 1.86 bits per heavy atom. The summed E-state index contributed by atoms with van der Waals surface area (Å²) in [6, 6.07) is 17.7. The van der Waals surface area contributed by atoms with Gasteiger partial charge in [0.2, 0.25) is 11.9 Å². The predicted octanol–water partition coefficient (Wildman–Crippen LogP) is 4.79. The van der Waals surface area contributed by atoms with Gasteiger partial charge in [0.1, 0.15) is 0 Å². The first-order chi connectivity index (χ1) is 17.2. The van der Waals surface area contributed by atoms with E-state index in [1.807, 2.05) is 36.4 Å². The number of nitrogens with one attached hydrogen (secondary N) is 2. The fourth-order valence-corrected chi connectivity index (χ4v) is 4.02. The van der Waals surface area contributed by atoms with Crippen molar-refractivity contribution in [1.82, 2.24) is 15.0 Å². The number of aromatic nitrogens is 3. The van der Waals surface area contributed by atoms with Crippen LogP contribution in [-0.4, -0.2) is 47.2 Å². The molecule has 0 atom stereocenters. The molecule has 2 aromatic carbocycles. The number of pyridine rings is 1. The number of para-hydroxylation sites is 1. The Morgan fingerprint density at radius 3 is 2.66 bits per heavy atom. The van der Waals surface area contributed by atoms with Gasteiger partial charge in [0, 0.05) is 53.5 Å². The molecule has 2 N–H and O–H groups in total. The highest BCUT2D eigenvalue weighted by Crippen LogP contribution is 2.28. The van der Waals surface area contributed by atoms with E-state index in [0.29, 0.717) is 17.3 Å². The van der Waals surface area contributed by atoms with Gasteiger partial charge in [0.25, 0.3) is 0 Å². The molecule has 0 aliphatic carbocycles. The Hall–Kier alpha value is -4.30. The Morgan fingerprint density at radius 1 is 1.03 bits per heavy atom. The maximum absolute atomic E-state index is 11.9. The highest BCUT2D eigenvalue weighted by Gasteiger charge is 2.12. The summed E-state index contributed by atoms with van der Waals surface area (Å²) in [4.78, 5) is 28.1. The second-order valence-corrected chi connectivity index (χ2v) is 8.13. The van der Waals surface area contributed by atoms with Gasteiger partial charge in [-0.25, -0.2) is 9.97 Å². The van der Waals surface area contributed by atoms with Gasteiger partial charge < -0.3 is 20.3 Å². The molecule has 2 aromatic heterocycles. The van der Waals surface area contributed by atoms with Gasteiger partial charge in [-0.15, -0.1) is 0 Å². The number of fused-ring (bicyclic) bond motifs is 1. The Kier molecular flexibility index (Phi) is 6.63. The van der Waals surface area contributed by atoms with E-state index >= 15 is 0 Å². The number of amides is 1. The number of carbonyl (C=O) groups excluding carboxylic acids is 1. The van der Waals surface area contributed by atoms with Crippen molar-refractivity contribution in [2.45, 2.75) is 6.92 Å². The van der Waals surface area contributed by atoms with E-state index in [-0.39, 0.29) is 5.91 Å². The molecule has 3 heterocycles. The standard InChI is InChI=1S/C27H26N6O2/c1-2-4-25(34)30-21-11-12-28-24(17-21)23-6-3-5-19-18-29-27(32-26(19)23)31-20-7-9-22(10-8-20)33-13-15-35-16-14-33/h2-12,17-18H,13-16H2,1H3,(H,28,30,34)(H,29,31,32)/b4-2+. The lowest BCUT2D eigenvalue weighted by atomic mass is 10.1. The minimum Gasteiger partial charge on any atom is -0.378 e. The molecule has 5 rings (SSSR count). The Bertz CT molecular complexity index is 1360. The van der Waals surface area contributed by atoms with E-state index < -0.39 is 0 Å². The summed E-state index contributed by atoms with van der Waals surface area (Å²) >= 11 is 0. The zero-order valence-electron chi connectivity index (χ0n) is 19.4. The monoisotopic (exact) mass is 466 g/mol. The van der Waals surface area contributed by atoms with E-state index in [2.05, 4.69) is 37.6 Å². The first-order valence-corrected chi connectivity index (χ1v) is 11.6. The lowest BCUT2D eigenvalue weighted by Gasteiger charge is -2.28. The fourth-order valence-electron chi connectivity index (χ4n) is 4.02. The van der Waals surface area contributed by atoms with Crippen molar-refractivity contribution in [3.05, 3.63) is 79.1 Å². The lowest BCUT2D eigenvalue weighted by molar-refractivity contribution is -0.111. The fraction of sp³-hybridized carbons (Fsp3) is 0.185. The average molecular weight is 467 g/mol. The van der Waals surface area contributed by atoms with Crippen molar-refractivity contribution >= 4 is 39.8 Å². The number of anilines is 4. The van der Waals surface area contributed by atoms with Crippen LogP contribution in [0, 0.1) is 0 Å². The van der Waals surface area contributed by atoms with Crippen LogP contribution in [0.2, 0.25) is 0 Å². The number of benzene rings is 2. The highest BCUT2D eigenvalue weighted by atomic mass is 16.5. The summed E-state index contributed by atoms with van der Waals surface area (Å²) in [5, 5.41) is 7.06. The van der Waals surface area contributed by atoms with Crippen molar-refractivity contribution in [2.24, 2.45) is 0 Å². The number of carbonyl (C=O) groups is 1. The van der Waals surface area contributed by atoms with E-state index in [1.165, 1.54) is 11.8 Å². The predicted molar refractivity (Wildman–Crippen MR) is 139 cm³/mol. The van der Waals surface area contributed by atoms with Crippen LogP contribution in [0.5, 0.6) is 0 Å². The molecule has 35 heavy (non-hydrogen) atoms.